The summed E-state index contributed by atoms with van der Waals surface area (Å²) < 4.78 is 9.82. The molecule has 56 valence electrons. The molecule has 0 aliphatic heterocycles. The minimum Gasteiger partial charge on any atom is -0.493 e. The van der Waals surface area contributed by atoms with Gasteiger partial charge in [0.2, 0.25) is 0 Å². The van der Waals surface area contributed by atoms with E-state index in [1.807, 2.05) is 0 Å². The van der Waals surface area contributed by atoms with Gasteiger partial charge in [-0.3, -0.25) is 0 Å². The Hall–Kier alpha value is -1.18. The Balaban J connectivity index is 4.50. The molecule has 10 heavy (non-hydrogen) atoms. The third kappa shape index (κ3) is 1.97. The summed E-state index contributed by atoms with van der Waals surface area (Å²) in [7, 11) is 3.11. The second kappa shape index (κ2) is 4.68. The number of methoxy groups -OCH3 is 2. The van der Waals surface area contributed by atoms with Crippen molar-refractivity contribution in [2.45, 2.75) is 0 Å². The molecule has 0 spiro atoms. The van der Waals surface area contributed by atoms with E-state index in [1.54, 1.807) is 26.4 Å². The van der Waals surface area contributed by atoms with Crippen LogP contribution in [0.3, 0.4) is 0 Å². The largest absolute Gasteiger partial charge is 0.493 e. The number of ether oxygens (including phenoxy) is 2. The third-order valence-electron chi connectivity index (χ3n) is 1.05. The molecular formula is C8H12O2. The van der Waals surface area contributed by atoms with Crippen molar-refractivity contribution in [3.05, 3.63) is 36.8 Å². The van der Waals surface area contributed by atoms with Crippen LogP contribution in [0.15, 0.2) is 36.8 Å². The molecule has 0 heterocycles. The van der Waals surface area contributed by atoms with E-state index in [9.17, 15) is 0 Å². The monoisotopic (exact) mass is 140 g/mol. The van der Waals surface area contributed by atoms with Crippen LogP contribution in [0.4, 0.5) is 0 Å². The van der Waals surface area contributed by atoms with Crippen molar-refractivity contribution in [3.8, 4) is 0 Å². The molecule has 0 aliphatic carbocycles. The van der Waals surface area contributed by atoms with Crippen molar-refractivity contribution in [1.82, 2.24) is 0 Å². The summed E-state index contributed by atoms with van der Waals surface area (Å²) in [6.07, 6.45) is 3.14. The number of rotatable bonds is 4. The van der Waals surface area contributed by atoms with E-state index in [0.717, 1.165) is 0 Å². The normalized spacial score (nSPS) is 11.4. The van der Waals surface area contributed by atoms with Gasteiger partial charge in [-0.1, -0.05) is 13.2 Å². The molecule has 0 saturated heterocycles. The summed E-state index contributed by atoms with van der Waals surface area (Å²) in [5.74, 6) is 1.19. The fraction of sp³-hybridized carbons (Fsp3) is 0.250. The van der Waals surface area contributed by atoms with E-state index in [4.69, 9.17) is 9.47 Å². The van der Waals surface area contributed by atoms with Gasteiger partial charge in [-0.05, 0) is 12.2 Å². The Labute approximate surface area is 61.5 Å². The molecule has 0 aromatic heterocycles. The Bertz CT molecular complexity index is 139. The predicted octanol–water partition coefficient (Wildman–Crippen LogP) is 1.86. The highest BCUT2D eigenvalue weighted by atomic mass is 16.5. The molecule has 0 saturated carbocycles. The highest BCUT2D eigenvalue weighted by molar-refractivity contribution is 5.21. The summed E-state index contributed by atoms with van der Waals surface area (Å²) >= 11 is 0. The Morgan fingerprint density at radius 2 is 1.30 bits per heavy atom. The van der Waals surface area contributed by atoms with Crippen molar-refractivity contribution in [2.75, 3.05) is 14.2 Å². The van der Waals surface area contributed by atoms with Gasteiger partial charge in [0, 0.05) is 0 Å². The van der Waals surface area contributed by atoms with Gasteiger partial charge in [-0.2, -0.15) is 0 Å². The van der Waals surface area contributed by atoms with E-state index >= 15 is 0 Å². The average Bonchev–Trinajstić information content (AvgIpc) is 2.00. The third-order valence-corrected chi connectivity index (χ3v) is 1.05. The SMILES string of the molecule is C=CC(OC)=C(C=C)OC. The van der Waals surface area contributed by atoms with Gasteiger partial charge in [0.05, 0.1) is 14.2 Å². The lowest BCUT2D eigenvalue weighted by molar-refractivity contribution is 0.242. The summed E-state index contributed by atoms with van der Waals surface area (Å²) in [4.78, 5) is 0. The fourth-order valence-corrected chi connectivity index (χ4v) is 0.569. The molecule has 0 N–H and O–H groups in total. The molecule has 0 radical (unpaired) electrons. The molecular weight excluding hydrogens is 128 g/mol. The van der Waals surface area contributed by atoms with E-state index in [-0.39, 0.29) is 0 Å². The van der Waals surface area contributed by atoms with Gasteiger partial charge in [-0.25, -0.2) is 0 Å². The van der Waals surface area contributed by atoms with Gasteiger partial charge in [0.15, 0.2) is 11.5 Å². The molecule has 0 amide bonds. The first-order valence-corrected chi connectivity index (χ1v) is 2.87. The molecule has 0 aliphatic rings. The number of allylic oxidation sites excluding steroid dienone is 2. The Kier molecular flexibility index (Phi) is 4.12. The summed E-state index contributed by atoms with van der Waals surface area (Å²) in [6.45, 7) is 7.08. The highest BCUT2D eigenvalue weighted by Crippen LogP contribution is 2.07. The quantitative estimate of drug-likeness (QED) is 0.438. The van der Waals surface area contributed by atoms with Crippen molar-refractivity contribution < 1.29 is 9.47 Å². The minimum absolute atomic E-state index is 0.595. The Morgan fingerprint density at radius 1 is 1.00 bits per heavy atom. The maximum atomic E-state index is 4.91. The van der Waals surface area contributed by atoms with Crippen LogP contribution in [0.2, 0.25) is 0 Å². The molecule has 0 aromatic carbocycles. The molecule has 0 aromatic rings. The topological polar surface area (TPSA) is 18.5 Å². The second-order valence-electron chi connectivity index (χ2n) is 1.54. The molecule has 0 fully saturated rings. The minimum atomic E-state index is 0.595. The first-order chi connectivity index (χ1) is 4.79. The maximum absolute atomic E-state index is 4.91. The molecule has 0 unspecified atom stereocenters. The van der Waals surface area contributed by atoms with Crippen LogP contribution >= 0.6 is 0 Å². The van der Waals surface area contributed by atoms with Gasteiger partial charge in [0.25, 0.3) is 0 Å². The van der Waals surface area contributed by atoms with Gasteiger partial charge < -0.3 is 9.47 Å². The molecule has 0 bridgehead atoms. The van der Waals surface area contributed by atoms with Crippen LogP contribution in [0.5, 0.6) is 0 Å². The van der Waals surface area contributed by atoms with E-state index in [1.165, 1.54) is 0 Å². The smallest absolute Gasteiger partial charge is 0.160 e. The van der Waals surface area contributed by atoms with E-state index in [2.05, 4.69) is 13.2 Å². The van der Waals surface area contributed by atoms with Gasteiger partial charge in [-0.15, -0.1) is 0 Å². The Morgan fingerprint density at radius 3 is 1.40 bits per heavy atom. The number of hydrogen-bond donors (Lipinski definition) is 0. The molecule has 0 rings (SSSR count). The lowest BCUT2D eigenvalue weighted by atomic mass is 10.4. The zero-order chi connectivity index (χ0) is 7.98. The van der Waals surface area contributed by atoms with Crippen LogP contribution < -0.4 is 0 Å². The van der Waals surface area contributed by atoms with Crippen molar-refractivity contribution in [2.24, 2.45) is 0 Å². The summed E-state index contributed by atoms with van der Waals surface area (Å²) in [5.41, 5.74) is 0. The standard InChI is InChI=1S/C8H12O2/c1-5-7(9-3)8(6-2)10-4/h5-6H,1-2H2,3-4H3. The second-order valence-corrected chi connectivity index (χ2v) is 1.54. The highest BCUT2D eigenvalue weighted by Gasteiger charge is 1.97. The first kappa shape index (κ1) is 8.82. The first-order valence-electron chi connectivity index (χ1n) is 2.87. The van der Waals surface area contributed by atoms with Crippen LogP contribution in [-0.4, -0.2) is 14.2 Å². The molecule has 2 nitrogen and oxygen atoms in total. The van der Waals surface area contributed by atoms with Crippen LogP contribution in [0.25, 0.3) is 0 Å². The van der Waals surface area contributed by atoms with E-state index < -0.39 is 0 Å². The summed E-state index contributed by atoms with van der Waals surface area (Å²) in [5, 5.41) is 0. The van der Waals surface area contributed by atoms with Crippen molar-refractivity contribution >= 4 is 0 Å². The van der Waals surface area contributed by atoms with Crippen molar-refractivity contribution in [1.29, 1.82) is 0 Å². The van der Waals surface area contributed by atoms with Crippen LogP contribution in [0.1, 0.15) is 0 Å². The van der Waals surface area contributed by atoms with Crippen molar-refractivity contribution in [3.63, 3.8) is 0 Å². The predicted molar refractivity (Wildman–Crippen MR) is 41.4 cm³/mol. The van der Waals surface area contributed by atoms with Gasteiger partial charge >= 0.3 is 0 Å². The summed E-state index contributed by atoms with van der Waals surface area (Å²) in [6, 6.07) is 0. The zero-order valence-corrected chi connectivity index (χ0v) is 6.39. The lowest BCUT2D eigenvalue weighted by Crippen LogP contribution is -1.90. The molecule has 2 heteroatoms. The van der Waals surface area contributed by atoms with Gasteiger partial charge in [0.1, 0.15) is 0 Å². The maximum Gasteiger partial charge on any atom is 0.160 e. The average molecular weight is 140 g/mol. The lowest BCUT2D eigenvalue weighted by Gasteiger charge is -2.04. The van der Waals surface area contributed by atoms with E-state index in [0.29, 0.717) is 11.5 Å². The van der Waals surface area contributed by atoms with Crippen LogP contribution in [0, 0.1) is 0 Å². The molecule has 0 atom stereocenters. The van der Waals surface area contributed by atoms with Crippen LogP contribution in [-0.2, 0) is 9.47 Å². The zero-order valence-electron chi connectivity index (χ0n) is 6.39. The fourth-order valence-electron chi connectivity index (χ4n) is 0.569. The number of hydrogen-bond acceptors (Lipinski definition) is 2.